The van der Waals surface area contributed by atoms with E-state index in [1.54, 1.807) is 54.6 Å². The van der Waals surface area contributed by atoms with Crippen molar-refractivity contribution in [2.24, 2.45) is 0 Å². The van der Waals surface area contributed by atoms with Crippen LogP contribution in [0, 0.1) is 0 Å². The fourth-order valence-electron chi connectivity index (χ4n) is 3.47. The maximum atomic E-state index is 13.3. The average Bonchev–Trinajstić information content (AvgIpc) is 2.85. The molecule has 0 aliphatic rings. The highest BCUT2D eigenvalue weighted by molar-refractivity contribution is 5.72. The lowest BCUT2D eigenvalue weighted by molar-refractivity contribution is -0.376. The minimum absolute atomic E-state index is 0.00564. The predicted octanol–water partition coefficient (Wildman–Crippen LogP) is 5.91. The minimum Gasteiger partial charge on any atom is -0.489 e. The lowest BCUT2D eigenvalue weighted by Crippen LogP contribution is -2.53. The largest absolute Gasteiger partial charge is 0.489 e. The van der Waals surface area contributed by atoms with Crippen LogP contribution >= 0.6 is 0 Å². The number of alkyl halides is 6. The quantitative estimate of drug-likeness (QED) is 0.276. The first kappa shape index (κ1) is 27.9. The van der Waals surface area contributed by atoms with Crippen LogP contribution in [0.15, 0.2) is 78.9 Å². The molecule has 0 spiro atoms. The van der Waals surface area contributed by atoms with Crippen LogP contribution in [0.25, 0.3) is 0 Å². The van der Waals surface area contributed by atoms with Gasteiger partial charge in [-0.1, -0.05) is 54.6 Å². The van der Waals surface area contributed by atoms with Crippen molar-refractivity contribution in [2.75, 3.05) is 13.7 Å². The molecule has 1 N–H and O–H groups in total. The Bertz CT molecular complexity index is 1180. The third kappa shape index (κ3) is 6.53. The van der Waals surface area contributed by atoms with Gasteiger partial charge in [0, 0.05) is 5.56 Å². The Morgan fingerprint density at radius 2 is 1.46 bits per heavy atom. The monoisotopic (exact) mass is 528 g/mol. The second-order valence-corrected chi connectivity index (χ2v) is 7.96. The summed E-state index contributed by atoms with van der Waals surface area (Å²) in [4.78, 5) is 11.6. The number of rotatable bonds is 9. The molecule has 0 saturated heterocycles. The van der Waals surface area contributed by atoms with Crippen molar-refractivity contribution in [1.29, 1.82) is 0 Å². The summed E-state index contributed by atoms with van der Waals surface area (Å²) in [6.45, 7) is -0.300. The predicted molar refractivity (Wildman–Crippen MR) is 120 cm³/mol. The molecule has 37 heavy (non-hydrogen) atoms. The number of hydrogen-bond acceptors (Lipinski definition) is 5. The van der Waals surface area contributed by atoms with Gasteiger partial charge in [0.05, 0.1) is 13.5 Å². The van der Waals surface area contributed by atoms with E-state index in [9.17, 15) is 36.2 Å². The topological polar surface area (TPSA) is 65.0 Å². The van der Waals surface area contributed by atoms with Crippen molar-refractivity contribution < 1.29 is 50.5 Å². The summed E-state index contributed by atoms with van der Waals surface area (Å²) in [6.07, 6.45) is -12.9. The zero-order chi connectivity index (χ0) is 27.3. The summed E-state index contributed by atoms with van der Waals surface area (Å²) >= 11 is 0. The van der Waals surface area contributed by atoms with Gasteiger partial charge in [-0.3, -0.25) is 4.79 Å². The number of carbonyl (C=O) groups excluding carboxylic acids is 1. The van der Waals surface area contributed by atoms with Crippen LogP contribution in [0.2, 0.25) is 0 Å². The Balaban J connectivity index is 1.86. The van der Waals surface area contributed by atoms with Gasteiger partial charge in [0.25, 0.3) is 5.60 Å². The van der Waals surface area contributed by atoms with Gasteiger partial charge >= 0.3 is 18.3 Å². The van der Waals surface area contributed by atoms with Gasteiger partial charge in [0.15, 0.2) is 6.10 Å². The molecular weight excluding hydrogens is 506 g/mol. The molecule has 1 unspecified atom stereocenters. The van der Waals surface area contributed by atoms with Crippen molar-refractivity contribution in [3.05, 3.63) is 95.6 Å². The van der Waals surface area contributed by atoms with E-state index >= 15 is 0 Å². The summed E-state index contributed by atoms with van der Waals surface area (Å²) in [5, 5.41) is 9.67. The van der Waals surface area contributed by atoms with Gasteiger partial charge in [-0.05, 0) is 35.4 Å². The van der Waals surface area contributed by atoms with Crippen molar-refractivity contribution in [1.82, 2.24) is 0 Å². The van der Waals surface area contributed by atoms with Crippen LogP contribution in [0.3, 0.4) is 0 Å². The van der Waals surface area contributed by atoms with Crippen LogP contribution in [0.4, 0.5) is 26.3 Å². The lowest BCUT2D eigenvalue weighted by atomic mass is 9.92. The van der Waals surface area contributed by atoms with Gasteiger partial charge < -0.3 is 19.3 Å². The molecule has 11 heteroatoms. The van der Waals surface area contributed by atoms with E-state index in [0.29, 0.717) is 29.0 Å². The van der Waals surface area contributed by atoms with Crippen molar-refractivity contribution in [3.8, 4) is 11.5 Å². The van der Waals surface area contributed by atoms with Crippen LogP contribution in [0.5, 0.6) is 11.5 Å². The average molecular weight is 528 g/mol. The SMILES string of the molecule is COC(=O)Cc1cccc(OC(COc2cccc(C(O)(C(F)(F)F)C(F)(F)F)c2)c2ccccc2)c1. The second kappa shape index (κ2) is 11.1. The zero-order valence-electron chi connectivity index (χ0n) is 19.3. The molecule has 0 radical (unpaired) electrons. The number of benzene rings is 3. The number of methoxy groups -OCH3 is 1. The Hall–Kier alpha value is -3.73. The highest BCUT2D eigenvalue weighted by Gasteiger charge is 2.71. The molecule has 5 nitrogen and oxygen atoms in total. The highest BCUT2D eigenvalue weighted by atomic mass is 19.4. The molecule has 198 valence electrons. The number of aliphatic hydroxyl groups is 1. The molecular formula is C26H22F6O5. The molecule has 0 saturated carbocycles. The maximum Gasteiger partial charge on any atom is 0.430 e. The molecule has 3 rings (SSSR count). The van der Waals surface area contributed by atoms with Gasteiger partial charge in [-0.15, -0.1) is 0 Å². The molecule has 0 aliphatic heterocycles. The van der Waals surface area contributed by atoms with E-state index in [0.717, 1.165) is 12.1 Å². The summed E-state index contributed by atoms with van der Waals surface area (Å²) in [5.74, 6) is -0.456. The summed E-state index contributed by atoms with van der Waals surface area (Å²) in [5.41, 5.74) is -5.30. The summed E-state index contributed by atoms with van der Waals surface area (Å²) < 4.78 is 95.8. The Labute approximate surface area is 208 Å². The minimum atomic E-state index is -6.02. The molecule has 0 fully saturated rings. The number of halogens is 6. The van der Waals surface area contributed by atoms with Gasteiger partial charge in [0.1, 0.15) is 18.1 Å². The smallest absolute Gasteiger partial charge is 0.430 e. The molecule has 0 aliphatic carbocycles. The zero-order valence-corrected chi connectivity index (χ0v) is 19.3. The Morgan fingerprint density at radius 1 is 0.838 bits per heavy atom. The van der Waals surface area contributed by atoms with E-state index in [1.165, 1.54) is 7.11 Å². The first-order valence-corrected chi connectivity index (χ1v) is 10.8. The van der Waals surface area contributed by atoms with E-state index in [4.69, 9.17) is 9.47 Å². The standard InChI is InChI=1S/C26H22F6O5/c1-35-23(33)14-17-7-5-12-21(13-17)37-22(18-8-3-2-4-9-18)16-36-20-11-6-10-19(15-20)24(34,25(27,28)29)26(30,31)32/h2-13,15,22,34H,14,16H2,1H3. The van der Waals surface area contributed by atoms with E-state index < -0.39 is 35.6 Å². The first-order valence-electron chi connectivity index (χ1n) is 10.8. The van der Waals surface area contributed by atoms with Gasteiger partial charge in [-0.25, -0.2) is 0 Å². The van der Waals surface area contributed by atoms with Gasteiger partial charge in [0.2, 0.25) is 0 Å². The number of esters is 1. The molecule has 0 aromatic heterocycles. The Morgan fingerprint density at radius 3 is 2.08 bits per heavy atom. The van der Waals surface area contributed by atoms with E-state index in [2.05, 4.69) is 4.74 Å². The number of ether oxygens (including phenoxy) is 3. The Kier molecular flexibility index (Phi) is 8.37. The fourth-order valence-corrected chi connectivity index (χ4v) is 3.47. The van der Waals surface area contributed by atoms with Crippen LogP contribution in [0.1, 0.15) is 22.8 Å². The molecule has 0 bridgehead atoms. The normalized spacial score (nSPS) is 13.1. The summed E-state index contributed by atoms with van der Waals surface area (Å²) in [6, 6.07) is 18.2. The third-order valence-electron chi connectivity index (χ3n) is 5.40. The fraction of sp³-hybridized carbons (Fsp3) is 0.269. The number of carbonyl (C=O) groups is 1. The van der Waals surface area contributed by atoms with Crippen molar-refractivity contribution >= 4 is 5.97 Å². The lowest BCUT2D eigenvalue weighted by Gasteiger charge is -2.32. The van der Waals surface area contributed by atoms with E-state index in [1.807, 2.05) is 0 Å². The highest BCUT2D eigenvalue weighted by Crippen LogP contribution is 2.50. The number of hydrogen-bond donors (Lipinski definition) is 1. The van der Waals surface area contributed by atoms with E-state index in [-0.39, 0.29) is 18.8 Å². The van der Waals surface area contributed by atoms with Crippen LogP contribution in [-0.4, -0.2) is 37.1 Å². The first-order chi connectivity index (χ1) is 17.3. The molecule has 3 aromatic carbocycles. The van der Waals surface area contributed by atoms with Crippen LogP contribution in [-0.2, 0) is 21.6 Å². The van der Waals surface area contributed by atoms with Crippen LogP contribution < -0.4 is 9.47 Å². The summed E-state index contributed by atoms with van der Waals surface area (Å²) in [7, 11) is 1.25. The second-order valence-electron chi connectivity index (χ2n) is 7.96. The molecule has 0 amide bonds. The third-order valence-corrected chi connectivity index (χ3v) is 5.40. The molecule has 1 atom stereocenters. The molecule has 3 aromatic rings. The molecule has 0 heterocycles. The van der Waals surface area contributed by atoms with Gasteiger partial charge in [-0.2, -0.15) is 26.3 Å². The maximum absolute atomic E-state index is 13.3. The van der Waals surface area contributed by atoms with Crippen molar-refractivity contribution in [2.45, 2.75) is 30.5 Å². The van der Waals surface area contributed by atoms with Crippen molar-refractivity contribution in [3.63, 3.8) is 0 Å².